The lowest BCUT2D eigenvalue weighted by molar-refractivity contribution is -0.117. The molecule has 0 radical (unpaired) electrons. The van der Waals surface area contributed by atoms with Gasteiger partial charge in [0.1, 0.15) is 41.1 Å². The molecule has 7 aromatic rings. The zero-order valence-electron chi connectivity index (χ0n) is 35.8. The second-order valence-electron chi connectivity index (χ2n) is 15.3. The third-order valence-electron chi connectivity index (χ3n) is 10.7. The number of amides is 3. The van der Waals surface area contributed by atoms with Gasteiger partial charge in [0, 0.05) is 42.3 Å². The highest BCUT2D eigenvalue weighted by Gasteiger charge is 2.36. The molecule has 3 amide bonds. The molecule has 20 heteroatoms. The minimum Gasteiger partial charge on any atom is -0.496 e. The number of rotatable bonds is 17. The Morgan fingerprint density at radius 3 is 2.56 bits per heavy atom. The second-order valence-corrected chi connectivity index (χ2v) is 16.2. The molecule has 4 aromatic carbocycles. The van der Waals surface area contributed by atoms with Gasteiger partial charge in [-0.05, 0) is 79.9 Å². The van der Waals surface area contributed by atoms with Crippen molar-refractivity contribution in [3.63, 3.8) is 0 Å². The normalized spacial score (nSPS) is 14.2. The van der Waals surface area contributed by atoms with Gasteiger partial charge < -0.3 is 45.2 Å². The number of carboxylic acids is 1. The van der Waals surface area contributed by atoms with Gasteiger partial charge in [-0.15, -0.1) is 16.4 Å². The van der Waals surface area contributed by atoms with Gasteiger partial charge in [0.15, 0.2) is 16.6 Å². The number of anilines is 2. The molecule has 0 bridgehead atoms. The largest absolute Gasteiger partial charge is 0.496 e. The third-order valence-corrected chi connectivity index (χ3v) is 11.4. The van der Waals surface area contributed by atoms with Crippen LogP contribution in [-0.2, 0) is 29.8 Å². The van der Waals surface area contributed by atoms with Gasteiger partial charge in [-0.1, -0.05) is 29.5 Å². The molecule has 8 rings (SSSR count). The molecule has 0 saturated carbocycles. The van der Waals surface area contributed by atoms with Crippen LogP contribution in [0.4, 0.5) is 15.2 Å². The molecule has 1 unspecified atom stereocenters. The summed E-state index contributed by atoms with van der Waals surface area (Å²) in [6, 6.07) is 21.1. The fourth-order valence-corrected chi connectivity index (χ4v) is 8.09. The van der Waals surface area contributed by atoms with Crippen LogP contribution < -0.4 is 35.5 Å². The first-order valence-electron chi connectivity index (χ1n) is 20.6. The van der Waals surface area contributed by atoms with E-state index in [9.17, 15) is 28.7 Å². The summed E-state index contributed by atoms with van der Waals surface area (Å²) >= 11 is 1.31. The van der Waals surface area contributed by atoms with Crippen LogP contribution in [0.15, 0.2) is 103 Å². The van der Waals surface area contributed by atoms with Crippen molar-refractivity contribution >= 4 is 45.8 Å². The van der Waals surface area contributed by atoms with E-state index in [-0.39, 0.29) is 55.1 Å². The number of aryl methyl sites for hydroxylation is 1. The topological polar surface area (TPSA) is 226 Å². The van der Waals surface area contributed by atoms with Crippen LogP contribution >= 0.6 is 11.3 Å². The first-order valence-corrected chi connectivity index (χ1v) is 21.5. The molecule has 1 atom stereocenters. The molecule has 18 nitrogen and oxygen atoms in total. The molecule has 0 fully saturated rings. The summed E-state index contributed by atoms with van der Waals surface area (Å²) in [5.41, 5.74) is 2.46. The maximum absolute atomic E-state index is 14.8. The summed E-state index contributed by atoms with van der Waals surface area (Å²) < 4.78 is 35.8. The molecule has 66 heavy (non-hydrogen) atoms. The highest BCUT2D eigenvalue weighted by molar-refractivity contribution is 7.13. The molecule has 0 saturated heterocycles. The summed E-state index contributed by atoms with van der Waals surface area (Å²) in [6.07, 6.45) is 5.55. The molecule has 338 valence electrons. The minimum absolute atomic E-state index is 0.0395. The Bertz CT molecular complexity index is 2940. The van der Waals surface area contributed by atoms with Crippen molar-refractivity contribution < 1.29 is 42.9 Å². The van der Waals surface area contributed by atoms with Crippen LogP contribution in [0.25, 0.3) is 5.69 Å². The predicted octanol–water partition coefficient (Wildman–Crippen LogP) is 6.52. The van der Waals surface area contributed by atoms with Gasteiger partial charge in [-0.25, -0.2) is 23.8 Å². The molecular formula is C46H43FN10O8S. The molecule has 0 aliphatic carbocycles. The maximum atomic E-state index is 14.8. The van der Waals surface area contributed by atoms with E-state index in [0.717, 1.165) is 23.3 Å². The second kappa shape index (κ2) is 19.4. The lowest BCUT2D eigenvalue weighted by Gasteiger charge is -2.37. The van der Waals surface area contributed by atoms with E-state index in [0.29, 0.717) is 58.1 Å². The number of benzene rings is 4. The SMILES string of the molecule is COc1ccccc1C(=O)Nc1ccccc1-n1cc(C(=O)NCc2cn(CCOc3cc4c(cc3Oc3ccc(C(=O)O)c(F)c3)C(C)(CC(=O)Nc3nccs3)NCC4)nn2)nc1C. The molecule has 4 heterocycles. The van der Waals surface area contributed by atoms with E-state index in [1.54, 1.807) is 88.7 Å². The number of para-hydroxylation sites is 3. The average molecular weight is 915 g/mol. The lowest BCUT2D eigenvalue weighted by atomic mass is 9.81. The maximum Gasteiger partial charge on any atom is 0.338 e. The summed E-state index contributed by atoms with van der Waals surface area (Å²) in [5.74, 6) is -1.90. The molecule has 0 spiro atoms. The summed E-state index contributed by atoms with van der Waals surface area (Å²) in [6.45, 7) is 4.62. The van der Waals surface area contributed by atoms with E-state index in [2.05, 4.69) is 41.5 Å². The van der Waals surface area contributed by atoms with Crippen LogP contribution in [0.1, 0.15) is 67.2 Å². The number of aromatic carboxylic acids is 1. The summed E-state index contributed by atoms with van der Waals surface area (Å²) in [5, 5.41) is 32.0. The number of carbonyl (C=O) groups is 4. The number of hydrogen-bond acceptors (Lipinski definition) is 13. The summed E-state index contributed by atoms with van der Waals surface area (Å²) in [4.78, 5) is 59.8. The molecule has 1 aliphatic heterocycles. The Kier molecular flexibility index (Phi) is 13.1. The van der Waals surface area contributed by atoms with Gasteiger partial charge in [0.2, 0.25) is 5.91 Å². The van der Waals surface area contributed by atoms with Gasteiger partial charge in [-0.3, -0.25) is 14.4 Å². The van der Waals surface area contributed by atoms with Crippen LogP contribution in [0.2, 0.25) is 0 Å². The van der Waals surface area contributed by atoms with Crippen molar-refractivity contribution in [1.82, 2.24) is 40.2 Å². The Balaban J connectivity index is 0.925. The lowest BCUT2D eigenvalue weighted by Crippen LogP contribution is -2.47. The minimum atomic E-state index is -1.41. The van der Waals surface area contributed by atoms with E-state index in [1.807, 2.05) is 19.1 Å². The average Bonchev–Trinajstić information content (AvgIpc) is 4.08. The van der Waals surface area contributed by atoms with Gasteiger partial charge in [0.05, 0.1) is 48.9 Å². The zero-order chi connectivity index (χ0) is 46.4. The van der Waals surface area contributed by atoms with Crippen molar-refractivity contribution in [2.75, 3.05) is 30.9 Å². The number of fused-ring (bicyclic) bond motifs is 1. The van der Waals surface area contributed by atoms with Crippen LogP contribution in [0.3, 0.4) is 0 Å². The van der Waals surface area contributed by atoms with Crippen molar-refractivity contribution in [3.8, 4) is 28.7 Å². The number of carboxylic acid groups (broad SMARTS) is 1. The smallest absolute Gasteiger partial charge is 0.338 e. The molecule has 1 aliphatic rings. The number of imidazole rings is 1. The molecular weight excluding hydrogens is 872 g/mol. The van der Waals surface area contributed by atoms with E-state index in [1.165, 1.54) is 24.5 Å². The highest BCUT2D eigenvalue weighted by Crippen LogP contribution is 2.41. The standard InChI is InChI=1S/C46H43FN10O8S/c1-27-51-36(26-57(27)37-10-6-5-9-35(37)52-42(59)32-8-4-7-11-38(32)63-3)43(60)49-24-29-25-56(55-54-29)17-18-64-39-20-28-14-15-50-46(2,23-41(58)53-45-48-16-19-66-45)33(28)22-40(39)65-30-12-13-31(44(61)62)34(47)21-30/h4-13,16,19-22,25-26,50H,14-15,17-18,23-24H2,1-3H3,(H,49,60)(H,52,59)(H,61,62)(H,48,53,58). The van der Waals surface area contributed by atoms with Crippen molar-refractivity contribution in [2.45, 2.75) is 45.3 Å². The van der Waals surface area contributed by atoms with E-state index < -0.39 is 28.8 Å². The Hall–Kier alpha value is -7.97. The third kappa shape index (κ3) is 10.0. The number of ether oxygens (including phenoxy) is 3. The van der Waals surface area contributed by atoms with Gasteiger partial charge >= 0.3 is 5.97 Å². The fraction of sp³-hybridized carbons (Fsp3) is 0.217. The number of aromatic nitrogens is 6. The first-order chi connectivity index (χ1) is 31.9. The quantitative estimate of drug-likeness (QED) is 0.0657. The number of hydrogen-bond donors (Lipinski definition) is 5. The number of nitrogens with zero attached hydrogens (tertiary/aromatic N) is 6. The predicted molar refractivity (Wildman–Crippen MR) is 240 cm³/mol. The van der Waals surface area contributed by atoms with E-state index >= 15 is 0 Å². The number of carbonyl (C=O) groups excluding carboxylic acids is 3. The number of halogens is 1. The highest BCUT2D eigenvalue weighted by atomic mass is 32.1. The summed E-state index contributed by atoms with van der Waals surface area (Å²) in [7, 11) is 1.50. The Morgan fingerprint density at radius 1 is 0.955 bits per heavy atom. The van der Waals surface area contributed by atoms with Crippen LogP contribution in [-0.4, -0.2) is 78.6 Å². The number of thiazole rings is 1. The van der Waals surface area contributed by atoms with Crippen LogP contribution in [0.5, 0.6) is 23.0 Å². The monoisotopic (exact) mass is 914 g/mol. The fourth-order valence-electron chi connectivity index (χ4n) is 7.55. The van der Waals surface area contributed by atoms with Crippen LogP contribution in [0, 0.1) is 12.7 Å². The number of nitrogens with one attached hydrogen (secondary N) is 4. The number of methoxy groups -OCH3 is 1. The van der Waals surface area contributed by atoms with E-state index in [4.69, 9.17) is 14.2 Å². The molecule has 5 N–H and O–H groups in total. The Labute approximate surface area is 380 Å². The Morgan fingerprint density at radius 2 is 1.77 bits per heavy atom. The van der Waals surface area contributed by atoms with Gasteiger partial charge in [-0.2, -0.15) is 0 Å². The first kappa shape index (κ1) is 44.6. The van der Waals surface area contributed by atoms with Crippen molar-refractivity contribution in [1.29, 1.82) is 0 Å². The van der Waals surface area contributed by atoms with Gasteiger partial charge in [0.25, 0.3) is 11.8 Å². The molecule has 3 aromatic heterocycles. The zero-order valence-corrected chi connectivity index (χ0v) is 36.6. The van der Waals surface area contributed by atoms with Crippen molar-refractivity contribution in [3.05, 3.63) is 148 Å². The van der Waals surface area contributed by atoms with Crippen molar-refractivity contribution in [2.24, 2.45) is 0 Å².